The molecule has 0 saturated heterocycles. The van der Waals surface area contributed by atoms with Crippen LogP contribution in [0.5, 0.6) is 0 Å². The second-order valence-corrected chi connectivity index (χ2v) is 6.33. The van der Waals surface area contributed by atoms with Gasteiger partial charge in [-0.3, -0.25) is 0 Å². The summed E-state index contributed by atoms with van der Waals surface area (Å²) in [5.41, 5.74) is 2.07. The maximum absolute atomic E-state index is 12.1. The lowest BCUT2D eigenvalue weighted by Gasteiger charge is -2.09. The zero-order chi connectivity index (χ0) is 13.9. The molecule has 0 amide bonds. The minimum absolute atomic E-state index is 0.322. The Morgan fingerprint density at radius 2 is 1.79 bits per heavy atom. The van der Waals surface area contributed by atoms with E-state index in [1.165, 1.54) is 0 Å². The molecule has 0 fully saturated rings. The Morgan fingerprint density at radius 1 is 1.11 bits per heavy atom. The Kier molecular flexibility index (Phi) is 4.07. The minimum atomic E-state index is -3.42. The van der Waals surface area contributed by atoms with Gasteiger partial charge in [0, 0.05) is 25.5 Å². The van der Waals surface area contributed by atoms with Crippen molar-refractivity contribution in [3.63, 3.8) is 0 Å². The van der Waals surface area contributed by atoms with Crippen LogP contribution in [0.25, 0.3) is 0 Å². The molecule has 2 aromatic rings. The highest BCUT2D eigenvalue weighted by molar-refractivity contribution is 7.89. The molecule has 0 radical (unpaired) electrons. The molecule has 1 heterocycles. The van der Waals surface area contributed by atoms with Crippen LogP contribution in [-0.4, -0.2) is 19.5 Å². The van der Waals surface area contributed by atoms with E-state index in [0.717, 1.165) is 11.1 Å². The van der Waals surface area contributed by atoms with Crippen LogP contribution < -0.4 is 4.72 Å². The third-order valence-electron chi connectivity index (χ3n) is 3.12. The van der Waals surface area contributed by atoms with Gasteiger partial charge < -0.3 is 4.57 Å². The number of nitrogens with zero attached hydrogens (tertiary/aromatic N) is 1. The number of hydrogen-bond donors (Lipinski definition) is 1. The van der Waals surface area contributed by atoms with Gasteiger partial charge in [0.15, 0.2) is 0 Å². The number of aryl methyl sites for hydroxylation is 2. The van der Waals surface area contributed by atoms with Gasteiger partial charge in [0.1, 0.15) is 0 Å². The molecule has 0 aliphatic carbocycles. The van der Waals surface area contributed by atoms with Crippen molar-refractivity contribution in [1.82, 2.24) is 9.29 Å². The second-order valence-electron chi connectivity index (χ2n) is 4.56. The summed E-state index contributed by atoms with van der Waals surface area (Å²) >= 11 is 0. The molecule has 2 rings (SSSR count). The van der Waals surface area contributed by atoms with Crippen LogP contribution in [0.1, 0.15) is 11.1 Å². The van der Waals surface area contributed by atoms with Crippen LogP contribution in [0.15, 0.2) is 47.6 Å². The van der Waals surface area contributed by atoms with E-state index < -0.39 is 10.0 Å². The highest BCUT2D eigenvalue weighted by atomic mass is 32.2. The first-order valence-corrected chi connectivity index (χ1v) is 7.65. The monoisotopic (exact) mass is 278 g/mol. The van der Waals surface area contributed by atoms with E-state index in [-0.39, 0.29) is 0 Å². The SMILES string of the molecule is Cc1ccc(S(=O)(=O)NCCn2cccc2)cc1C. The van der Waals surface area contributed by atoms with Crippen LogP contribution in [0.4, 0.5) is 0 Å². The van der Waals surface area contributed by atoms with Crippen LogP contribution in [0, 0.1) is 13.8 Å². The first kappa shape index (κ1) is 13.8. The number of sulfonamides is 1. The van der Waals surface area contributed by atoms with Gasteiger partial charge in [-0.25, -0.2) is 13.1 Å². The van der Waals surface area contributed by atoms with Crippen LogP contribution in [0.2, 0.25) is 0 Å². The summed E-state index contributed by atoms with van der Waals surface area (Å²) in [7, 11) is -3.42. The third-order valence-corrected chi connectivity index (χ3v) is 4.58. The maximum Gasteiger partial charge on any atom is 0.240 e. The number of rotatable bonds is 5. The molecule has 0 unspecified atom stereocenters. The summed E-state index contributed by atoms with van der Waals surface area (Å²) in [5, 5.41) is 0. The van der Waals surface area contributed by atoms with Crippen LogP contribution >= 0.6 is 0 Å². The normalized spacial score (nSPS) is 11.7. The zero-order valence-electron chi connectivity index (χ0n) is 11.1. The summed E-state index contributed by atoms with van der Waals surface area (Å²) in [4.78, 5) is 0.322. The molecule has 1 N–H and O–H groups in total. The first-order chi connectivity index (χ1) is 8.99. The van der Waals surface area contributed by atoms with E-state index in [1.54, 1.807) is 12.1 Å². The van der Waals surface area contributed by atoms with Crippen molar-refractivity contribution >= 4 is 10.0 Å². The molecule has 102 valence electrons. The Bertz CT molecular complexity index is 646. The Balaban J connectivity index is 2.03. The van der Waals surface area contributed by atoms with Gasteiger partial charge in [0.25, 0.3) is 0 Å². The van der Waals surface area contributed by atoms with Gasteiger partial charge in [-0.05, 0) is 49.2 Å². The smallest absolute Gasteiger partial charge is 0.240 e. The van der Waals surface area contributed by atoms with Gasteiger partial charge in [-0.1, -0.05) is 6.07 Å². The van der Waals surface area contributed by atoms with Crippen molar-refractivity contribution in [2.45, 2.75) is 25.3 Å². The molecule has 0 spiro atoms. The maximum atomic E-state index is 12.1. The van der Waals surface area contributed by atoms with Gasteiger partial charge >= 0.3 is 0 Å². The molecule has 0 bridgehead atoms. The fourth-order valence-electron chi connectivity index (χ4n) is 1.79. The molecular weight excluding hydrogens is 260 g/mol. The topological polar surface area (TPSA) is 51.1 Å². The second kappa shape index (κ2) is 5.59. The largest absolute Gasteiger partial charge is 0.353 e. The lowest BCUT2D eigenvalue weighted by Crippen LogP contribution is -2.27. The molecule has 1 aromatic heterocycles. The predicted octanol–water partition coefficient (Wildman–Crippen LogP) is 2.08. The summed E-state index contributed by atoms with van der Waals surface area (Å²) in [6.45, 7) is 4.88. The highest BCUT2D eigenvalue weighted by Crippen LogP contribution is 2.14. The molecule has 0 atom stereocenters. The lowest BCUT2D eigenvalue weighted by atomic mass is 10.1. The Morgan fingerprint density at radius 3 is 2.42 bits per heavy atom. The summed E-state index contributed by atoms with van der Waals surface area (Å²) in [6.07, 6.45) is 3.81. The Labute approximate surface area is 114 Å². The molecule has 0 aliphatic rings. The summed E-state index contributed by atoms with van der Waals surface area (Å²) in [5.74, 6) is 0. The molecule has 19 heavy (non-hydrogen) atoms. The van der Waals surface area contributed by atoms with Crippen molar-refractivity contribution in [2.75, 3.05) is 6.54 Å². The number of hydrogen-bond acceptors (Lipinski definition) is 2. The van der Waals surface area contributed by atoms with E-state index in [9.17, 15) is 8.42 Å². The number of aromatic nitrogens is 1. The fourth-order valence-corrected chi connectivity index (χ4v) is 2.90. The number of nitrogens with one attached hydrogen (secondary N) is 1. The van der Waals surface area contributed by atoms with Gasteiger partial charge in [0.2, 0.25) is 10.0 Å². The van der Waals surface area contributed by atoms with Crippen LogP contribution in [0.3, 0.4) is 0 Å². The van der Waals surface area contributed by atoms with Gasteiger partial charge in [-0.2, -0.15) is 0 Å². The van der Waals surface area contributed by atoms with Crippen molar-refractivity contribution in [3.05, 3.63) is 53.9 Å². The highest BCUT2D eigenvalue weighted by Gasteiger charge is 2.13. The van der Waals surface area contributed by atoms with Gasteiger partial charge in [-0.15, -0.1) is 0 Å². The fraction of sp³-hybridized carbons (Fsp3) is 0.286. The predicted molar refractivity (Wildman–Crippen MR) is 75.5 cm³/mol. The van der Waals surface area contributed by atoms with E-state index in [4.69, 9.17) is 0 Å². The summed E-state index contributed by atoms with van der Waals surface area (Å²) < 4.78 is 28.8. The van der Waals surface area contributed by atoms with Crippen molar-refractivity contribution in [1.29, 1.82) is 0 Å². The third kappa shape index (κ3) is 3.45. The molecule has 5 heteroatoms. The zero-order valence-corrected chi connectivity index (χ0v) is 11.9. The van der Waals surface area contributed by atoms with Gasteiger partial charge in [0.05, 0.1) is 4.90 Å². The van der Waals surface area contributed by atoms with Crippen LogP contribution in [-0.2, 0) is 16.6 Å². The van der Waals surface area contributed by atoms with Crippen molar-refractivity contribution in [2.24, 2.45) is 0 Å². The average molecular weight is 278 g/mol. The average Bonchev–Trinajstić information content (AvgIpc) is 2.85. The quantitative estimate of drug-likeness (QED) is 0.910. The molecule has 4 nitrogen and oxygen atoms in total. The lowest BCUT2D eigenvalue weighted by molar-refractivity contribution is 0.573. The minimum Gasteiger partial charge on any atom is -0.353 e. The molecular formula is C14H18N2O2S. The molecule has 0 aliphatic heterocycles. The van der Waals surface area contributed by atoms with Crippen molar-refractivity contribution < 1.29 is 8.42 Å². The Hall–Kier alpha value is -1.59. The first-order valence-electron chi connectivity index (χ1n) is 6.17. The van der Waals surface area contributed by atoms with Crippen molar-refractivity contribution in [3.8, 4) is 0 Å². The standard InChI is InChI=1S/C14H18N2O2S/c1-12-5-6-14(11-13(12)2)19(17,18)15-7-10-16-8-3-4-9-16/h3-6,8-9,11,15H,7,10H2,1-2H3. The van der Waals surface area contributed by atoms with E-state index >= 15 is 0 Å². The molecule has 0 saturated carbocycles. The summed E-state index contributed by atoms with van der Waals surface area (Å²) in [6, 6.07) is 9.00. The van der Waals surface area contributed by atoms with E-state index in [0.29, 0.717) is 18.0 Å². The number of benzene rings is 1. The molecule has 1 aromatic carbocycles. The van der Waals surface area contributed by atoms with E-state index in [2.05, 4.69) is 4.72 Å². The van der Waals surface area contributed by atoms with E-state index in [1.807, 2.05) is 49.0 Å².